The van der Waals surface area contributed by atoms with Gasteiger partial charge in [0, 0.05) is 12.3 Å². The molecule has 0 radical (unpaired) electrons. The fraction of sp³-hybridized carbons (Fsp3) is 0.0909. The number of carboxylic acid groups (broad SMARTS) is 1. The Bertz CT molecular complexity index is 595. The average Bonchev–Trinajstić information content (AvgIpc) is 2.72. The van der Waals surface area contributed by atoms with E-state index in [9.17, 15) is 9.18 Å². The van der Waals surface area contributed by atoms with E-state index < -0.39 is 11.8 Å². The lowest BCUT2D eigenvalue weighted by Gasteiger charge is -2.07. The molecule has 88 valence electrons. The zero-order valence-corrected chi connectivity index (χ0v) is 10.4. The molecule has 1 aromatic carbocycles. The van der Waals surface area contributed by atoms with Gasteiger partial charge in [0.05, 0.1) is 10.2 Å². The van der Waals surface area contributed by atoms with Gasteiger partial charge >= 0.3 is 5.97 Å². The lowest BCUT2D eigenvalue weighted by molar-refractivity contribution is 0.0690. The smallest absolute Gasteiger partial charge is 0.356 e. The van der Waals surface area contributed by atoms with Crippen molar-refractivity contribution in [1.29, 1.82) is 0 Å². The normalized spacial score (nSPS) is 10.5. The number of rotatable bonds is 2. The molecule has 1 aromatic heterocycles. The van der Waals surface area contributed by atoms with Gasteiger partial charge in [-0.3, -0.25) is 0 Å². The molecule has 6 heteroatoms. The molecular weight excluding hydrogens is 291 g/mol. The highest BCUT2D eigenvalue weighted by Gasteiger charge is 2.11. The van der Waals surface area contributed by atoms with Gasteiger partial charge in [0.2, 0.25) is 0 Å². The van der Waals surface area contributed by atoms with Crippen molar-refractivity contribution >= 4 is 21.9 Å². The van der Waals surface area contributed by atoms with Crippen molar-refractivity contribution in [3.63, 3.8) is 0 Å². The van der Waals surface area contributed by atoms with Crippen molar-refractivity contribution in [1.82, 2.24) is 9.78 Å². The number of aromatic carboxylic acids is 1. The molecule has 0 spiro atoms. The maximum atomic E-state index is 13.4. The summed E-state index contributed by atoms with van der Waals surface area (Å²) >= 11 is 3.08. The first-order valence-electron chi connectivity index (χ1n) is 4.74. The van der Waals surface area contributed by atoms with Gasteiger partial charge in [0.25, 0.3) is 0 Å². The largest absolute Gasteiger partial charge is 0.476 e. The van der Waals surface area contributed by atoms with E-state index in [0.29, 0.717) is 10.2 Å². The Morgan fingerprint density at radius 2 is 2.24 bits per heavy atom. The van der Waals surface area contributed by atoms with Crippen molar-refractivity contribution in [2.45, 2.75) is 6.92 Å². The molecule has 0 aliphatic carbocycles. The van der Waals surface area contributed by atoms with Crippen LogP contribution >= 0.6 is 15.9 Å². The second kappa shape index (κ2) is 4.29. The van der Waals surface area contributed by atoms with Gasteiger partial charge < -0.3 is 5.11 Å². The quantitative estimate of drug-likeness (QED) is 0.927. The number of aromatic nitrogens is 2. The highest BCUT2D eigenvalue weighted by atomic mass is 79.9. The lowest BCUT2D eigenvalue weighted by atomic mass is 10.2. The lowest BCUT2D eigenvalue weighted by Crippen LogP contribution is -2.03. The van der Waals surface area contributed by atoms with E-state index in [-0.39, 0.29) is 5.69 Å². The fourth-order valence-corrected chi connectivity index (χ4v) is 1.91. The molecule has 1 N–H and O–H groups in total. The second-order valence-corrected chi connectivity index (χ2v) is 4.36. The molecule has 0 amide bonds. The second-order valence-electron chi connectivity index (χ2n) is 3.50. The van der Waals surface area contributed by atoms with Gasteiger partial charge in [-0.2, -0.15) is 5.10 Å². The number of aryl methyl sites for hydroxylation is 1. The van der Waals surface area contributed by atoms with Crippen LogP contribution in [0.25, 0.3) is 5.69 Å². The molecule has 0 saturated heterocycles. The minimum absolute atomic E-state index is 0.0762. The monoisotopic (exact) mass is 298 g/mol. The summed E-state index contributed by atoms with van der Waals surface area (Å²) in [5.41, 5.74) is 1.23. The van der Waals surface area contributed by atoms with E-state index in [2.05, 4.69) is 21.0 Å². The Morgan fingerprint density at radius 3 is 2.82 bits per heavy atom. The number of hydrogen-bond acceptors (Lipinski definition) is 2. The SMILES string of the molecule is Cc1cc(Br)c(F)cc1-n1ccc(C(=O)O)n1. The molecule has 0 fully saturated rings. The third-order valence-electron chi connectivity index (χ3n) is 2.29. The van der Waals surface area contributed by atoms with E-state index in [1.807, 2.05) is 0 Å². The highest BCUT2D eigenvalue weighted by molar-refractivity contribution is 9.10. The molecular formula is C11H8BrFN2O2. The first kappa shape index (κ1) is 11.8. The number of benzene rings is 1. The summed E-state index contributed by atoms with van der Waals surface area (Å²) in [6.45, 7) is 1.79. The van der Waals surface area contributed by atoms with Crippen molar-refractivity contribution in [2.75, 3.05) is 0 Å². The van der Waals surface area contributed by atoms with E-state index in [4.69, 9.17) is 5.11 Å². The van der Waals surface area contributed by atoms with Gasteiger partial charge in [-0.05, 0) is 40.5 Å². The molecule has 0 aliphatic rings. The van der Waals surface area contributed by atoms with Crippen LogP contribution in [0.2, 0.25) is 0 Å². The zero-order valence-electron chi connectivity index (χ0n) is 8.82. The van der Waals surface area contributed by atoms with Crippen LogP contribution in [0.5, 0.6) is 0 Å². The van der Waals surface area contributed by atoms with Crippen LogP contribution < -0.4 is 0 Å². The number of hydrogen-bond donors (Lipinski definition) is 1. The molecule has 0 bridgehead atoms. The molecule has 0 aliphatic heterocycles. The summed E-state index contributed by atoms with van der Waals surface area (Å²) in [5.74, 6) is -1.53. The van der Waals surface area contributed by atoms with Gasteiger partial charge in [-0.25, -0.2) is 13.9 Å². The summed E-state index contributed by atoms with van der Waals surface area (Å²) in [6.07, 6.45) is 1.49. The topological polar surface area (TPSA) is 55.1 Å². The molecule has 17 heavy (non-hydrogen) atoms. The molecule has 4 nitrogen and oxygen atoms in total. The predicted octanol–water partition coefficient (Wildman–Crippen LogP) is 2.78. The Balaban J connectivity index is 2.52. The Hall–Kier alpha value is -1.69. The van der Waals surface area contributed by atoms with Crippen LogP contribution in [-0.2, 0) is 0 Å². The summed E-state index contributed by atoms with van der Waals surface area (Å²) in [7, 11) is 0. The van der Waals surface area contributed by atoms with E-state index in [0.717, 1.165) is 5.56 Å². The van der Waals surface area contributed by atoms with E-state index in [1.165, 1.54) is 23.0 Å². The first-order valence-corrected chi connectivity index (χ1v) is 5.53. The number of carboxylic acids is 1. The Kier molecular flexibility index (Phi) is 2.97. The number of carbonyl (C=O) groups is 1. The van der Waals surface area contributed by atoms with Crippen molar-refractivity contribution in [3.8, 4) is 5.69 Å². The summed E-state index contributed by atoms with van der Waals surface area (Å²) in [5, 5.41) is 12.6. The minimum Gasteiger partial charge on any atom is -0.476 e. The first-order chi connectivity index (χ1) is 7.99. The predicted molar refractivity (Wildman–Crippen MR) is 62.9 cm³/mol. The number of nitrogens with zero attached hydrogens (tertiary/aromatic N) is 2. The molecule has 1 heterocycles. The summed E-state index contributed by atoms with van der Waals surface area (Å²) in [4.78, 5) is 10.7. The number of halogens is 2. The van der Waals surface area contributed by atoms with Crippen LogP contribution in [0.3, 0.4) is 0 Å². The van der Waals surface area contributed by atoms with Crippen LogP contribution in [0.1, 0.15) is 16.1 Å². The highest BCUT2D eigenvalue weighted by Crippen LogP contribution is 2.22. The van der Waals surface area contributed by atoms with Crippen LogP contribution in [-0.4, -0.2) is 20.9 Å². The third-order valence-corrected chi connectivity index (χ3v) is 2.90. The fourth-order valence-electron chi connectivity index (χ4n) is 1.45. The maximum Gasteiger partial charge on any atom is 0.356 e. The van der Waals surface area contributed by atoms with E-state index >= 15 is 0 Å². The summed E-state index contributed by atoms with van der Waals surface area (Å²) < 4.78 is 15.1. The summed E-state index contributed by atoms with van der Waals surface area (Å²) in [6, 6.07) is 4.28. The van der Waals surface area contributed by atoms with Crippen molar-refractivity contribution in [2.24, 2.45) is 0 Å². The Labute approximate surface area is 105 Å². The van der Waals surface area contributed by atoms with Gasteiger partial charge in [-0.1, -0.05) is 0 Å². The van der Waals surface area contributed by atoms with E-state index in [1.54, 1.807) is 13.0 Å². The van der Waals surface area contributed by atoms with Crippen LogP contribution in [0, 0.1) is 12.7 Å². The maximum absolute atomic E-state index is 13.4. The Morgan fingerprint density at radius 1 is 1.53 bits per heavy atom. The standard InChI is InChI=1S/C11H8BrFN2O2/c1-6-4-7(12)8(13)5-10(6)15-3-2-9(14-15)11(16)17/h2-5H,1H3,(H,16,17). The molecule has 0 saturated carbocycles. The van der Waals surface area contributed by atoms with Gasteiger partial charge in [0.15, 0.2) is 5.69 Å². The molecule has 0 atom stereocenters. The van der Waals surface area contributed by atoms with Crippen LogP contribution in [0.15, 0.2) is 28.9 Å². The minimum atomic E-state index is -1.11. The average molecular weight is 299 g/mol. The van der Waals surface area contributed by atoms with Gasteiger partial charge in [0.1, 0.15) is 5.82 Å². The zero-order chi connectivity index (χ0) is 12.6. The third kappa shape index (κ3) is 2.21. The van der Waals surface area contributed by atoms with Gasteiger partial charge in [-0.15, -0.1) is 0 Å². The molecule has 2 aromatic rings. The molecule has 2 rings (SSSR count). The molecule has 0 unspecified atom stereocenters. The van der Waals surface area contributed by atoms with Crippen molar-refractivity contribution < 1.29 is 14.3 Å². The van der Waals surface area contributed by atoms with Crippen molar-refractivity contribution in [3.05, 3.63) is 45.9 Å². The van der Waals surface area contributed by atoms with Crippen LogP contribution in [0.4, 0.5) is 4.39 Å².